The predicted octanol–water partition coefficient (Wildman–Crippen LogP) is 1.69. The number of halogens is 1. The Balaban J connectivity index is 1.68. The van der Waals surface area contributed by atoms with Crippen molar-refractivity contribution in [3.05, 3.63) is 35.6 Å². The van der Waals surface area contributed by atoms with E-state index >= 15 is 0 Å². The van der Waals surface area contributed by atoms with Crippen LogP contribution in [0.2, 0.25) is 0 Å². The van der Waals surface area contributed by atoms with Gasteiger partial charge in [-0.15, -0.1) is 0 Å². The third-order valence-electron chi connectivity index (χ3n) is 4.24. The number of likely N-dealkylation sites (tertiary alicyclic amines) is 1. The van der Waals surface area contributed by atoms with Gasteiger partial charge in [-0.05, 0) is 37.5 Å². The lowest BCUT2D eigenvalue weighted by molar-refractivity contribution is -0.155. The summed E-state index contributed by atoms with van der Waals surface area (Å²) in [4.78, 5) is 19.8. The van der Waals surface area contributed by atoms with Crippen LogP contribution in [0.1, 0.15) is 31.7 Å². The maximum absolute atomic E-state index is 13.0. The summed E-state index contributed by atoms with van der Waals surface area (Å²) < 4.78 is 13.0. The van der Waals surface area contributed by atoms with Crippen molar-refractivity contribution < 1.29 is 19.1 Å². The van der Waals surface area contributed by atoms with E-state index in [1.807, 2.05) is 0 Å². The van der Waals surface area contributed by atoms with Crippen molar-refractivity contribution in [3.63, 3.8) is 0 Å². The van der Waals surface area contributed by atoms with E-state index in [4.69, 9.17) is 4.84 Å². The van der Waals surface area contributed by atoms with Crippen molar-refractivity contribution in [3.8, 4) is 0 Å². The summed E-state index contributed by atoms with van der Waals surface area (Å²) in [7, 11) is 0. The molecule has 0 unspecified atom stereocenters. The van der Waals surface area contributed by atoms with E-state index in [0.29, 0.717) is 38.1 Å². The molecule has 0 bridgehead atoms. The molecule has 1 saturated heterocycles. The molecule has 6 heteroatoms. The highest BCUT2D eigenvalue weighted by Gasteiger charge is 2.45. The third kappa shape index (κ3) is 2.83. The molecule has 5 nitrogen and oxygen atoms in total. The summed E-state index contributed by atoms with van der Waals surface area (Å²) in [6, 6.07) is 5.98. The number of oxime groups is 1. The Kier molecular flexibility index (Phi) is 3.87. The number of amides is 1. The highest BCUT2D eigenvalue weighted by Crippen LogP contribution is 2.29. The Morgan fingerprint density at radius 2 is 2.00 bits per heavy atom. The number of benzene rings is 1. The number of carbonyl (C=O) groups is 1. The van der Waals surface area contributed by atoms with E-state index < -0.39 is 5.60 Å². The van der Waals surface area contributed by atoms with Gasteiger partial charge in [0.05, 0.1) is 11.8 Å². The standard InChI is InChI=1S/C16H19FN2O3/c1-16(15(21)19-8-6-13(20)7-9-19)10-14(18-22-16)11-2-4-12(17)5-3-11/h2-5,13,20H,6-10H2,1H3/t16-/m1/s1. The van der Waals surface area contributed by atoms with Gasteiger partial charge in [-0.1, -0.05) is 17.3 Å². The highest BCUT2D eigenvalue weighted by molar-refractivity contribution is 6.05. The molecule has 1 amide bonds. The summed E-state index contributed by atoms with van der Waals surface area (Å²) in [5.74, 6) is -0.422. The summed E-state index contributed by atoms with van der Waals surface area (Å²) >= 11 is 0. The Hall–Kier alpha value is -1.95. The molecule has 0 aromatic heterocycles. The number of piperidine rings is 1. The fraction of sp³-hybridized carbons (Fsp3) is 0.500. The van der Waals surface area contributed by atoms with Crippen LogP contribution in [0.25, 0.3) is 0 Å². The smallest absolute Gasteiger partial charge is 0.269 e. The summed E-state index contributed by atoms with van der Waals surface area (Å²) in [6.45, 7) is 2.79. The summed E-state index contributed by atoms with van der Waals surface area (Å²) in [5.41, 5.74) is 0.381. The lowest BCUT2D eigenvalue weighted by Gasteiger charge is -2.34. The van der Waals surface area contributed by atoms with Gasteiger partial charge in [0.25, 0.3) is 5.91 Å². The molecule has 2 heterocycles. The van der Waals surface area contributed by atoms with Gasteiger partial charge in [-0.25, -0.2) is 4.39 Å². The molecule has 1 aromatic carbocycles. The minimum Gasteiger partial charge on any atom is -0.393 e. The van der Waals surface area contributed by atoms with Crippen LogP contribution >= 0.6 is 0 Å². The van der Waals surface area contributed by atoms with E-state index in [1.54, 1.807) is 24.0 Å². The SMILES string of the molecule is C[C@]1(C(=O)N2CCC(O)CC2)CC(c2ccc(F)cc2)=NO1. The first-order valence-corrected chi connectivity index (χ1v) is 7.46. The zero-order valence-electron chi connectivity index (χ0n) is 12.5. The number of hydrogen-bond donors (Lipinski definition) is 1. The van der Waals surface area contributed by atoms with Crippen molar-refractivity contribution in [2.45, 2.75) is 37.9 Å². The van der Waals surface area contributed by atoms with Crippen molar-refractivity contribution in [2.24, 2.45) is 5.16 Å². The van der Waals surface area contributed by atoms with Gasteiger partial charge in [0.2, 0.25) is 5.60 Å². The van der Waals surface area contributed by atoms with Gasteiger partial charge < -0.3 is 14.8 Å². The fourth-order valence-corrected chi connectivity index (χ4v) is 2.86. The minimum absolute atomic E-state index is 0.111. The van der Waals surface area contributed by atoms with E-state index in [2.05, 4.69) is 5.16 Å². The highest BCUT2D eigenvalue weighted by atomic mass is 19.1. The maximum atomic E-state index is 13.0. The van der Waals surface area contributed by atoms with Crippen LogP contribution in [-0.4, -0.2) is 46.4 Å². The topological polar surface area (TPSA) is 62.1 Å². The zero-order chi connectivity index (χ0) is 15.7. The van der Waals surface area contributed by atoms with E-state index in [9.17, 15) is 14.3 Å². The molecule has 1 N–H and O–H groups in total. The van der Waals surface area contributed by atoms with Crippen LogP contribution in [0.3, 0.4) is 0 Å². The molecular formula is C16H19FN2O3. The zero-order valence-corrected chi connectivity index (χ0v) is 12.5. The fourth-order valence-electron chi connectivity index (χ4n) is 2.86. The summed E-state index contributed by atoms with van der Waals surface area (Å²) in [6.07, 6.45) is 1.21. The van der Waals surface area contributed by atoms with Gasteiger partial charge in [0.1, 0.15) is 5.82 Å². The molecule has 0 radical (unpaired) electrons. The first-order valence-electron chi connectivity index (χ1n) is 7.46. The Labute approximate surface area is 128 Å². The first-order chi connectivity index (χ1) is 10.5. The minimum atomic E-state index is -1.02. The second-order valence-corrected chi connectivity index (χ2v) is 6.07. The van der Waals surface area contributed by atoms with Crippen LogP contribution in [-0.2, 0) is 9.63 Å². The van der Waals surface area contributed by atoms with Crippen LogP contribution in [0.4, 0.5) is 4.39 Å². The Morgan fingerprint density at radius 3 is 2.64 bits per heavy atom. The van der Waals surface area contributed by atoms with Crippen LogP contribution in [0.15, 0.2) is 29.4 Å². The van der Waals surface area contributed by atoms with E-state index in [0.717, 1.165) is 5.56 Å². The molecule has 22 heavy (non-hydrogen) atoms. The molecule has 1 atom stereocenters. The largest absolute Gasteiger partial charge is 0.393 e. The van der Waals surface area contributed by atoms with Crippen molar-refractivity contribution in [1.82, 2.24) is 4.90 Å². The van der Waals surface area contributed by atoms with E-state index in [1.165, 1.54) is 12.1 Å². The predicted molar refractivity (Wildman–Crippen MR) is 78.9 cm³/mol. The van der Waals surface area contributed by atoms with Crippen molar-refractivity contribution in [1.29, 1.82) is 0 Å². The molecule has 1 aromatic rings. The molecular weight excluding hydrogens is 287 g/mol. The van der Waals surface area contributed by atoms with Gasteiger partial charge in [-0.2, -0.15) is 0 Å². The van der Waals surface area contributed by atoms with Crippen molar-refractivity contribution >= 4 is 11.6 Å². The van der Waals surface area contributed by atoms with Gasteiger partial charge in [-0.3, -0.25) is 4.79 Å². The molecule has 2 aliphatic rings. The lowest BCUT2D eigenvalue weighted by atomic mass is 9.93. The molecule has 0 saturated carbocycles. The Morgan fingerprint density at radius 1 is 1.36 bits per heavy atom. The molecule has 118 valence electrons. The van der Waals surface area contributed by atoms with Crippen LogP contribution in [0.5, 0.6) is 0 Å². The maximum Gasteiger partial charge on any atom is 0.269 e. The van der Waals surface area contributed by atoms with Gasteiger partial charge in [0.15, 0.2) is 0 Å². The van der Waals surface area contributed by atoms with Gasteiger partial charge in [0, 0.05) is 19.5 Å². The lowest BCUT2D eigenvalue weighted by Crippen LogP contribution is -2.50. The monoisotopic (exact) mass is 306 g/mol. The average Bonchev–Trinajstić information content (AvgIpc) is 2.92. The van der Waals surface area contributed by atoms with Crippen LogP contribution in [0, 0.1) is 5.82 Å². The normalized spacial score (nSPS) is 25.8. The number of aliphatic hydroxyl groups is 1. The second-order valence-electron chi connectivity index (χ2n) is 6.07. The number of rotatable bonds is 2. The molecule has 1 fully saturated rings. The number of hydrogen-bond acceptors (Lipinski definition) is 4. The number of nitrogens with zero attached hydrogens (tertiary/aromatic N) is 2. The molecule has 0 spiro atoms. The Bertz CT molecular complexity index is 594. The second kappa shape index (κ2) is 5.68. The van der Waals surface area contributed by atoms with E-state index in [-0.39, 0.29) is 17.8 Å². The summed E-state index contributed by atoms with van der Waals surface area (Å²) in [5, 5.41) is 13.5. The number of aliphatic hydroxyl groups excluding tert-OH is 1. The molecule has 3 rings (SSSR count). The molecule has 0 aliphatic carbocycles. The third-order valence-corrected chi connectivity index (χ3v) is 4.24. The molecule has 2 aliphatic heterocycles. The average molecular weight is 306 g/mol. The van der Waals surface area contributed by atoms with Crippen molar-refractivity contribution in [2.75, 3.05) is 13.1 Å². The van der Waals surface area contributed by atoms with Gasteiger partial charge >= 0.3 is 0 Å². The quantitative estimate of drug-likeness (QED) is 0.904. The van der Waals surface area contributed by atoms with Crippen LogP contribution < -0.4 is 0 Å². The number of carbonyl (C=O) groups excluding carboxylic acids is 1. The first kappa shape index (κ1) is 15.0.